The summed E-state index contributed by atoms with van der Waals surface area (Å²) < 4.78 is 0.677. The van der Waals surface area contributed by atoms with Gasteiger partial charge < -0.3 is 0 Å². The van der Waals surface area contributed by atoms with Crippen molar-refractivity contribution in [2.75, 3.05) is 6.54 Å². The first kappa shape index (κ1) is 17.2. The number of unbranched alkanes of at least 4 members (excludes halogenated alkanes) is 1. The third-order valence-corrected chi connectivity index (χ3v) is 5.06. The summed E-state index contributed by atoms with van der Waals surface area (Å²) in [5.41, 5.74) is 2.48. The summed E-state index contributed by atoms with van der Waals surface area (Å²) in [6, 6.07) is 8.39. The van der Waals surface area contributed by atoms with Crippen molar-refractivity contribution in [1.82, 2.24) is 4.90 Å². The molecule has 1 aliphatic rings. The Labute approximate surface area is 143 Å². The van der Waals surface area contributed by atoms with E-state index in [1.807, 2.05) is 6.08 Å². The van der Waals surface area contributed by atoms with Crippen LogP contribution in [-0.4, -0.2) is 21.7 Å². The predicted octanol–water partition coefficient (Wildman–Crippen LogP) is 4.99. The highest BCUT2D eigenvalue weighted by atomic mass is 32.2. The highest BCUT2D eigenvalue weighted by Gasteiger charge is 2.31. The molecule has 0 radical (unpaired) electrons. The minimum absolute atomic E-state index is 0.0448. The number of hydrogen-bond acceptors (Lipinski definition) is 3. The maximum atomic E-state index is 12.4. The fraction of sp³-hybridized carbons (Fsp3) is 0.444. The van der Waals surface area contributed by atoms with Gasteiger partial charge in [0, 0.05) is 6.54 Å². The summed E-state index contributed by atoms with van der Waals surface area (Å²) in [7, 11) is 0. The van der Waals surface area contributed by atoms with Crippen molar-refractivity contribution >= 4 is 40.3 Å². The number of thioether (sulfide) groups is 1. The van der Waals surface area contributed by atoms with Crippen LogP contribution in [0.5, 0.6) is 0 Å². The van der Waals surface area contributed by atoms with Gasteiger partial charge in [0.25, 0.3) is 5.91 Å². The Morgan fingerprint density at radius 2 is 1.86 bits per heavy atom. The Bertz CT molecular complexity index is 597. The topological polar surface area (TPSA) is 20.3 Å². The van der Waals surface area contributed by atoms with Crippen molar-refractivity contribution in [3.8, 4) is 0 Å². The van der Waals surface area contributed by atoms with E-state index in [2.05, 4.69) is 52.0 Å². The number of benzene rings is 1. The standard InChI is InChI=1S/C18H23NOS2/c1-5-6-11-19-16(20)15(22-17(19)21)12-13-7-9-14(10-8-13)18(2,3)4/h7-10,12H,5-6,11H2,1-4H3/b15-12+. The average molecular weight is 334 g/mol. The van der Waals surface area contributed by atoms with E-state index in [-0.39, 0.29) is 11.3 Å². The van der Waals surface area contributed by atoms with Crippen molar-refractivity contribution < 1.29 is 4.79 Å². The molecule has 0 bridgehead atoms. The molecular formula is C18H23NOS2. The lowest BCUT2D eigenvalue weighted by Gasteiger charge is -2.18. The zero-order valence-electron chi connectivity index (χ0n) is 13.7. The lowest BCUT2D eigenvalue weighted by atomic mass is 9.87. The van der Waals surface area contributed by atoms with Crippen LogP contribution < -0.4 is 0 Å². The van der Waals surface area contributed by atoms with Gasteiger partial charge in [-0.2, -0.15) is 0 Å². The highest BCUT2D eigenvalue weighted by Crippen LogP contribution is 2.33. The molecule has 0 N–H and O–H groups in total. The number of carbonyl (C=O) groups excluding carboxylic acids is 1. The number of nitrogens with zero attached hydrogens (tertiary/aromatic N) is 1. The number of carbonyl (C=O) groups is 1. The molecule has 2 nitrogen and oxygen atoms in total. The molecule has 1 fully saturated rings. The lowest BCUT2D eigenvalue weighted by Crippen LogP contribution is -2.28. The summed E-state index contributed by atoms with van der Waals surface area (Å²) in [6.07, 6.45) is 3.99. The maximum Gasteiger partial charge on any atom is 0.266 e. The Morgan fingerprint density at radius 1 is 1.23 bits per heavy atom. The molecule has 0 aromatic heterocycles. The Hall–Kier alpha value is -1.13. The molecular weight excluding hydrogens is 310 g/mol. The van der Waals surface area contributed by atoms with Crippen molar-refractivity contribution in [3.05, 3.63) is 40.3 Å². The van der Waals surface area contributed by atoms with E-state index >= 15 is 0 Å². The molecule has 0 saturated carbocycles. The van der Waals surface area contributed by atoms with Gasteiger partial charge in [0.05, 0.1) is 4.91 Å². The minimum Gasteiger partial charge on any atom is -0.293 e. The summed E-state index contributed by atoms with van der Waals surface area (Å²) in [5.74, 6) is 0.0448. The van der Waals surface area contributed by atoms with Crippen molar-refractivity contribution in [2.45, 2.75) is 46.0 Å². The van der Waals surface area contributed by atoms with Crippen LogP contribution in [0, 0.1) is 0 Å². The average Bonchev–Trinajstić information content (AvgIpc) is 2.71. The summed E-state index contributed by atoms with van der Waals surface area (Å²) in [6.45, 7) is 9.42. The smallest absolute Gasteiger partial charge is 0.266 e. The van der Waals surface area contributed by atoms with Crippen LogP contribution in [0.2, 0.25) is 0 Å². The van der Waals surface area contributed by atoms with Gasteiger partial charge in [-0.25, -0.2) is 0 Å². The molecule has 1 aromatic carbocycles. The van der Waals surface area contributed by atoms with E-state index < -0.39 is 0 Å². The van der Waals surface area contributed by atoms with E-state index in [1.54, 1.807) is 4.90 Å². The fourth-order valence-corrected chi connectivity index (χ4v) is 3.55. The largest absolute Gasteiger partial charge is 0.293 e. The third kappa shape index (κ3) is 3.99. The van der Waals surface area contributed by atoms with Crippen LogP contribution in [0.1, 0.15) is 51.7 Å². The predicted molar refractivity (Wildman–Crippen MR) is 99.9 cm³/mol. The van der Waals surface area contributed by atoms with E-state index in [9.17, 15) is 4.79 Å². The van der Waals surface area contributed by atoms with Crippen molar-refractivity contribution in [2.24, 2.45) is 0 Å². The molecule has 4 heteroatoms. The van der Waals surface area contributed by atoms with Crippen LogP contribution in [0.4, 0.5) is 0 Å². The number of thiocarbonyl (C=S) groups is 1. The van der Waals surface area contributed by atoms with Crippen molar-refractivity contribution in [3.63, 3.8) is 0 Å². The quantitative estimate of drug-likeness (QED) is 0.572. The Morgan fingerprint density at radius 3 is 2.41 bits per heavy atom. The van der Waals surface area contributed by atoms with Crippen LogP contribution >= 0.6 is 24.0 Å². The minimum atomic E-state index is 0.0448. The van der Waals surface area contributed by atoms with E-state index in [1.165, 1.54) is 17.3 Å². The van der Waals surface area contributed by atoms with Gasteiger partial charge in [0.15, 0.2) is 0 Å². The van der Waals surface area contributed by atoms with Gasteiger partial charge in [0.1, 0.15) is 4.32 Å². The van der Waals surface area contributed by atoms with Crippen molar-refractivity contribution in [1.29, 1.82) is 0 Å². The molecule has 2 rings (SSSR count). The lowest BCUT2D eigenvalue weighted by molar-refractivity contribution is -0.122. The maximum absolute atomic E-state index is 12.4. The van der Waals surface area contributed by atoms with Gasteiger partial charge in [-0.05, 0) is 29.0 Å². The first-order chi connectivity index (χ1) is 10.3. The molecule has 0 atom stereocenters. The normalized spacial score (nSPS) is 17.6. The summed E-state index contributed by atoms with van der Waals surface area (Å²) >= 11 is 6.73. The molecule has 0 aliphatic carbocycles. The molecule has 1 heterocycles. The van der Waals surface area contributed by atoms with Gasteiger partial charge in [-0.15, -0.1) is 0 Å². The van der Waals surface area contributed by atoms with E-state index in [0.29, 0.717) is 4.32 Å². The van der Waals surface area contributed by atoms with Gasteiger partial charge >= 0.3 is 0 Å². The zero-order chi connectivity index (χ0) is 16.3. The monoisotopic (exact) mass is 333 g/mol. The van der Waals surface area contributed by atoms with E-state index in [4.69, 9.17) is 12.2 Å². The second-order valence-electron chi connectivity index (χ2n) is 6.56. The van der Waals surface area contributed by atoms with Gasteiger partial charge in [0.2, 0.25) is 0 Å². The molecule has 0 unspecified atom stereocenters. The summed E-state index contributed by atoms with van der Waals surface area (Å²) in [5, 5.41) is 0. The fourth-order valence-electron chi connectivity index (χ4n) is 2.24. The molecule has 1 amide bonds. The molecule has 1 aromatic rings. The van der Waals surface area contributed by atoms with Crippen LogP contribution in [-0.2, 0) is 10.2 Å². The molecule has 118 valence electrons. The first-order valence-corrected chi connectivity index (χ1v) is 8.91. The second kappa shape index (κ2) is 6.97. The molecule has 1 aliphatic heterocycles. The Balaban J connectivity index is 2.16. The first-order valence-electron chi connectivity index (χ1n) is 7.69. The summed E-state index contributed by atoms with van der Waals surface area (Å²) in [4.78, 5) is 14.8. The zero-order valence-corrected chi connectivity index (χ0v) is 15.3. The SMILES string of the molecule is CCCCN1C(=O)/C(=C\c2ccc(C(C)(C)C)cc2)SC1=S. The van der Waals surface area contributed by atoms with Crippen LogP contribution in [0.3, 0.4) is 0 Å². The highest BCUT2D eigenvalue weighted by molar-refractivity contribution is 8.26. The molecule has 0 spiro atoms. The van der Waals surface area contributed by atoms with Crippen LogP contribution in [0.25, 0.3) is 6.08 Å². The third-order valence-electron chi connectivity index (χ3n) is 3.68. The molecule has 22 heavy (non-hydrogen) atoms. The van der Waals surface area contributed by atoms with Gasteiger partial charge in [-0.3, -0.25) is 9.69 Å². The Kier molecular flexibility index (Phi) is 5.45. The molecule has 1 saturated heterocycles. The van der Waals surface area contributed by atoms with Crippen LogP contribution in [0.15, 0.2) is 29.2 Å². The number of hydrogen-bond donors (Lipinski definition) is 0. The number of amides is 1. The second-order valence-corrected chi connectivity index (χ2v) is 8.23. The van der Waals surface area contributed by atoms with E-state index in [0.717, 1.165) is 29.9 Å². The van der Waals surface area contributed by atoms with Gasteiger partial charge in [-0.1, -0.05) is 82.4 Å². The number of rotatable bonds is 4.